The predicted molar refractivity (Wildman–Crippen MR) is 75.7 cm³/mol. The fourth-order valence-electron chi connectivity index (χ4n) is 2.39. The van der Waals surface area contributed by atoms with E-state index in [1.807, 2.05) is 12.2 Å². The van der Waals surface area contributed by atoms with Gasteiger partial charge in [-0.25, -0.2) is 0 Å². The second kappa shape index (κ2) is 4.44. The third-order valence-corrected chi connectivity index (χ3v) is 4.06. The van der Waals surface area contributed by atoms with E-state index in [9.17, 15) is 5.11 Å². The maximum atomic E-state index is 10.6. The van der Waals surface area contributed by atoms with Gasteiger partial charge in [0, 0.05) is 0 Å². The van der Waals surface area contributed by atoms with Crippen LogP contribution in [0.25, 0.3) is 0 Å². The van der Waals surface area contributed by atoms with Crippen molar-refractivity contribution >= 4 is 0 Å². The topological polar surface area (TPSA) is 38.7 Å². The fourth-order valence-corrected chi connectivity index (χ4v) is 2.39. The summed E-state index contributed by atoms with van der Waals surface area (Å²) in [7, 11) is 0. The summed E-state index contributed by atoms with van der Waals surface area (Å²) in [5.41, 5.74) is -0.00101. The Bertz CT molecular complexity index is 412. The van der Waals surface area contributed by atoms with E-state index in [1.165, 1.54) is 0 Å². The zero-order valence-corrected chi connectivity index (χ0v) is 12.9. The van der Waals surface area contributed by atoms with Gasteiger partial charge in [-0.1, -0.05) is 40.7 Å². The van der Waals surface area contributed by atoms with Crippen LogP contribution < -0.4 is 0 Å². The van der Waals surface area contributed by atoms with Gasteiger partial charge in [0.1, 0.15) is 5.60 Å². The van der Waals surface area contributed by atoms with E-state index < -0.39 is 11.4 Å². The monoisotopic (exact) mass is 266 g/mol. The van der Waals surface area contributed by atoms with Gasteiger partial charge in [0.05, 0.1) is 12.7 Å². The first kappa shape index (κ1) is 14.8. The largest absolute Gasteiger partial charge is 0.380 e. The smallest absolute Gasteiger partial charge is 0.222 e. The summed E-state index contributed by atoms with van der Waals surface area (Å²) in [6.07, 6.45) is 5.68. The number of rotatable bonds is 1. The number of hydrogen-bond donors (Lipinski definition) is 1. The lowest BCUT2D eigenvalue weighted by Crippen LogP contribution is -2.53. The highest BCUT2D eigenvalue weighted by Gasteiger charge is 2.55. The third-order valence-electron chi connectivity index (χ3n) is 4.06. The van der Waals surface area contributed by atoms with Gasteiger partial charge in [0.15, 0.2) is 0 Å². The first-order valence-corrected chi connectivity index (χ1v) is 7.03. The molecule has 1 saturated heterocycles. The molecule has 2 aliphatic rings. The van der Waals surface area contributed by atoms with Crippen LogP contribution in [0.1, 0.15) is 41.5 Å². The van der Waals surface area contributed by atoms with Crippen molar-refractivity contribution in [3.8, 4) is 0 Å². The lowest BCUT2D eigenvalue weighted by molar-refractivity contribution is -0.227. The van der Waals surface area contributed by atoms with Crippen LogP contribution in [0.3, 0.4) is 0 Å². The van der Waals surface area contributed by atoms with Crippen LogP contribution in [-0.2, 0) is 9.47 Å². The highest BCUT2D eigenvalue weighted by molar-refractivity contribution is 5.35. The SMILES string of the molecule is CC(C)C1=C[C@@]2(OC[C@H](C(C)(C)C)O2)[C@](C)(O)C=C1. The van der Waals surface area contributed by atoms with Gasteiger partial charge < -0.3 is 14.6 Å². The molecule has 1 aliphatic heterocycles. The highest BCUT2D eigenvalue weighted by atomic mass is 16.8. The molecule has 108 valence electrons. The lowest BCUT2D eigenvalue weighted by atomic mass is 9.84. The Morgan fingerprint density at radius 2 is 2.00 bits per heavy atom. The number of ether oxygens (including phenoxy) is 2. The van der Waals surface area contributed by atoms with Crippen molar-refractivity contribution in [1.82, 2.24) is 0 Å². The van der Waals surface area contributed by atoms with Gasteiger partial charge in [-0.05, 0) is 36.0 Å². The molecule has 1 aliphatic carbocycles. The predicted octanol–water partition coefficient (Wildman–Crippen LogP) is 3.05. The Balaban J connectivity index is 2.34. The Morgan fingerprint density at radius 3 is 2.47 bits per heavy atom. The van der Waals surface area contributed by atoms with Gasteiger partial charge >= 0.3 is 0 Å². The molecule has 19 heavy (non-hydrogen) atoms. The number of hydrogen-bond acceptors (Lipinski definition) is 3. The van der Waals surface area contributed by atoms with Gasteiger partial charge in [-0.2, -0.15) is 0 Å². The van der Waals surface area contributed by atoms with E-state index in [0.29, 0.717) is 12.5 Å². The molecule has 1 heterocycles. The molecule has 1 fully saturated rings. The molecule has 0 aromatic carbocycles. The molecular weight excluding hydrogens is 240 g/mol. The Labute approximate surface area is 116 Å². The van der Waals surface area contributed by atoms with Crippen LogP contribution in [0.4, 0.5) is 0 Å². The molecule has 3 atom stereocenters. The summed E-state index contributed by atoms with van der Waals surface area (Å²) in [6, 6.07) is 0. The summed E-state index contributed by atoms with van der Waals surface area (Å²) in [5, 5.41) is 10.6. The molecule has 3 heteroatoms. The minimum absolute atomic E-state index is 0.00737. The van der Waals surface area contributed by atoms with Crippen LogP contribution in [0.15, 0.2) is 23.8 Å². The summed E-state index contributed by atoms with van der Waals surface area (Å²) in [4.78, 5) is 0. The van der Waals surface area contributed by atoms with Crippen LogP contribution in [-0.4, -0.2) is 29.2 Å². The average Bonchev–Trinajstić information content (AvgIpc) is 2.67. The average molecular weight is 266 g/mol. The van der Waals surface area contributed by atoms with E-state index in [0.717, 1.165) is 5.57 Å². The summed E-state index contributed by atoms with van der Waals surface area (Å²) in [5.74, 6) is -0.663. The van der Waals surface area contributed by atoms with Crippen molar-refractivity contribution in [3.05, 3.63) is 23.8 Å². The van der Waals surface area contributed by atoms with Crippen LogP contribution in [0.5, 0.6) is 0 Å². The van der Waals surface area contributed by atoms with Crippen LogP contribution in [0.2, 0.25) is 0 Å². The molecule has 0 aromatic rings. The summed E-state index contributed by atoms with van der Waals surface area (Å²) in [6.45, 7) is 12.9. The molecule has 0 aromatic heterocycles. The van der Waals surface area contributed by atoms with Crippen molar-refractivity contribution in [2.24, 2.45) is 11.3 Å². The number of allylic oxidation sites excluding steroid dienone is 2. The zero-order chi connectivity index (χ0) is 14.5. The van der Waals surface area contributed by atoms with E-state index in [4.69, 9.17) is 9.47 Å². The Kier molecular flexibility index (Phi) is 3.45. The van der Waals surface area contributed by atoms with E-state index in [-0.39, 0.29) is 11.5 Å². The molecule has 2 rings (SSSR count). The van der Waals surface area contributed by atoms with E-state index in [1.54, 1.807) is 13.0 Å². The molecule has 0 bridgehead atoms. The quantitative estimate of drug-likeness (QED) is 0.793. The lowest BCUT2D eigenvalue weighted by Gasteiger charge is -2.40. The maximum absolute atomic E-state index is 10.6. The molecule has 0 saturated carbocycles. The van der Waals surface area contributed by atoms with Crippen LogP contribution >= 0.6 is 0 Å². The van der Waals surface area contributed by atoms with Crippen molar-refractivity contribution in [1.29, 1.82) is 0 Å². The van der Waals surface area contributed by atoms with Gasteiger partial charge in [0.25, 0.3) is 0 Å². The Morgan fingerprint density at radius 1 is 1.37 bits per heavy atom. The maximum Gasteiger partial charge on any atom is 0.222 e. The second-order valence-corrected chi connectivity index (χ2v) is 7.23. The standard InChI is InChI=1S/C16H26O3/c1-11(2)12-7-8-15(6,17)16(9-12)18-10-13(19-16)14(3,4)5/h7-9,11,13,17H,10H2,1-6H3/t13-,15-,16+/m1/s1. The van der Waals surface area contributed by atoms with Crippen molar-refractivity contribution in [3.63, 3.8) is 0 Å². The minimum atomic E-state index is -1.13. The van der Waals surface area contributed by atoms with Gasteiger partial charge in [-0.3, -0.25) is 0 Å². The summed E-state index contributed by atoms with van der Waals surface area (Å²) >= 11 is 0. The van der Waals surface area contributed by atoms with Gasteiger partial charge in [0.2, 0.25) is 5.79 Å². The van der Waals surface area contributed by atoms with Crippen molar-refractivity contribution in [2.45, 2.75) is 59.0 Å². The third kappa shape index (κ3) is 2.51. The molecule has 0 radical (unpaired) electrons. The highest BCUT2D eigenvalue weighted by Crippen LogP contribution is 2.44. The Hall–Kier alpha value is -0.640. The first-order valence-electron chi connectivity index (χ1n) is 7.03. The molecule has 0 unspecified atom stereocenters. The molecule has 3 nitrogen and oxygen atoms in total. The molecule has 0 amide bonds. The first-order chi connectivity index (χ1) is 8.57. The molecular formula is C16H26O3. The molecule has 1 spiro atoms. The molecule has 1 N–H and O–H groups in total. The van der Waals surface area contributed by atoms with Gasteiger partial charge in [-0.15, -0.1) is 0 Å². The number of aliphatic hydroxyl groups is 1. The van der Waals surface area contributed by atoms with Crippen molar-refractivity contribution < 1.29 is 14.6 Å². The fraction of sp³-hybridized carbons (Fsp3) is 0.750. The van der Waals surface area contributed by atoms with E-state index >= 15 is 0 Å². The second-order valence-electron chi connectivity index (χ2n) is 7.23. The van der Waals surface area contributed by atoms with E-state index in [2.05, 4.69) is 34.6 Å². The zero-order valence-electron chi connectivity index (χ0n) is 12.9. The summed E-state index contributed by atoms with van der Waals surface area (Å²) < 4.78 is 12.1. The van der Waals surface area contributed by atoms with Crippen molar-refractivity contribution in [2.75, 3.05) is 6.61 Å². The minimum Gasteiger partial charge on any atom is -0.380 e. The van der Waals surface area contributed by atoms with Crippen LogP contribution in [0, 0.1) is 11.3 Å². The normalized spacial score (nSPS) is 39.2.